The molecule has 0 aromatic rings. The van der Waals surface area contributed by atoms with Crippen LogP contribution in [0.4, 0.5) is 4.39 Å². The van der Waals surface area contributed by atoms with E-state index in [1.807, 2.05) is 41.5 Å². The lowest BCUT2D eigenvalue weighted by Gasteiger charge is -2.26. The molecule has 12 heavy (non-hydrogen) atoms. The van der Waals surface area contributed by atoms with Crippen LogP contribution in [-0.2, 0) is 0 Å². The molecule has 0 atom stereocenters. The SMILES string of the molecule is FCC1=C2C=CC=CN2CC=C1. The third kappa shape index (κ3) is 1.09. The van der Waals surface area contributed by atoms with Gasteiger partial charge in [-0.1, -0.05) is 18.2 Å². The standard InChI is InChI=1S/C10H10FN/c11-8-9-4-3-7-12-6-2-1-5-10(9)12/h1-6H,7-8H2. The molecule has 0 aliphatic carbocycles. The van der Waals surface area contributed by atoms with Gasteiger partial charge in [-0.2, -0.15) is 0 Å². The molecule has 2 heterocycles. The van der Waals surface area contributed by atoms with Crippen LogP contribution in [0, 0.1) is 0 Å². The second kappa shape index (κ2) is 2.97. The van der Waals surface area contributed by atoms with Crippen molar-refractivity contribution in [3.05, 3.63) is 47.9 Å². The zero-order valence-corrected chi connectivity index (χ0v) is 6.70. The van der Waals surface area contributed by atoms with Gasteiger partial charge in [0.1, 0.15) is 6.67 Å². The van der Waals surface area contributed by atoms with E-state index >= 15 is 0 Å². The first-order chi connectivity index (χ1) is 5.92. The van der Waals surface area contributed by atoms with E-state index in [9.17, 15) is 4.39 Å². The molecule has 62 valence electrons. The van der Waals surface area contributed by atoms with Crippen LogP contribution in [0.1, 0.15) is 0 Å². The Kier molecular flexibility index (Phi) is 1.82. The monoisotopic (exact) mass is 163 g/mol. The summed E-state index contributed by atoms with van der Waals surface area (Å²) in [5.74, 6) is 0. The van der Waals surface area contributed by atoms with Crippen LogP contribution in [0.3, 0.4) is 0 Å². The summed E-state index contributed by atoms with van der Waals surface area (Å²) in [6.45, 7) is 0.459. The Labute approximate surface area is 71.2 Å². The number of nitrogens with zero attached hydrogens (tertiary/aromatic N) is 1. The van der Waals surface area contributed by atoms with Gasteiger partial charge in [0.15, 0.2) is 0 Å². The van der Waals surface area contributed by atoms with Gasteiger partial charge in [0.2, 0.25) is 0 Å². The molecule has 0 fully saturated rings. The molecule has 1 nitrogen and oxygen atoms in total. The van der Waals surface area contributed by atoms with E-state index in [0.29, 0.717) is 0 Å². The highest BCUT2D eigenvalue weighted by molar-refractivity contribution is 5.40. The zero-order chi connectivity index (χ0) is 8.39. The molecule has 0 amide bonds. The first-order valence-corrected chi connectivity index (χ1v) is 3.99. The molecule has 0 bridgehead atoms. The molecular formula is C10H10FN. The number of hydrogen-bond donors (Lipinski definition) is 0. The van der Waals surface area contributed by atoms with Crippen molar-refractivity contribution in [2.75, 3.05) is 13.2 Å². The van der Waals surface area contributed by atoms with E-state index in [-0.39, 0.29) is 6.67 Å². The van der Waals surface area contributed by atoms with Crippen LogP contribution >= 0.6 is 0 Å². The fraction of sp³-hybridized carbons (Fsp3) is 0.200. The predicted molar refractivity (Wildman–Crippen MR) is 47.1 cm³/mol. The van der Waals surface area contributed by atoms with Gasteiger partial charge in [-0.25, -0.2) is 4.39 Å². The lowest BCUT2D eigenvalue weighted by molar-refractivity contribution is 0.487. The zero-order valence-electron chi connectivity index (χ0n) is 6.70. The smallest absolute Gasteiger partial charge is 0.117 e. The molecule has 0 saturated heterocycles. The number of allylic oxidation sites excluding steroid dienone is 5. The van der Waals surface area contributed by atoms with E-state index in [1.54, 1.807) is 0 Å². The minimum Gasteiger partial charge on any atom is -0.344 e. The summed E-state index contributed by atoms with van der Waals surface area (Å²) in [7, 11) is 0. The van der Waals surface area contributed by atoms with Crippen LogP contribution in [0.25, 0.3) is 0 Å². The summed E-state index contributed by atoms with van der Waals surface area (Å²) in [6, 6.07) is 0. The molecule has 0 N–H and O–H groups in total. The number of halogens is 1. The van der Waals surface area contributed by atoms with E-state index in [2.05, 4.69) is 0 Å². The second-order valence-corrected chi connectivity index (χ2v) is 2.80. The number of alkyl halides is 1. The average molecular weight is 163 g/mol. The second-order valence-electron chi connectivity index (χ2n) is 2.80. The first kappa shape index (κ1) is 7.35. The van der Waals surface area contributed by atoms with E-state index in [4.69, 9.17) is 0 Å². The molecule has 0 aromatic heterocycles. The summed E-state index contributed by atoms with van der Waals surface area (Å²) in [6.07, 6.45) is 11.6. The van der Waals surface area contributed by atoms with Crippen molar-refractivity contribution in [1.29, 1.82) is 0 Å². The highest BCUT2D eigenvalue weighted by atomic mass is 19.1. The number of hydrogen-bond acceptors (Lipinski definition) is 1. The van der Waals surface area contributed by atoms with E-state index < -0.39 is 0 Å². The van der Waals surface area contributed by atoms with Crippen molar-refractivity contribution in [3.8, 4) is 0 Å². The summed E-state index contributed by atoms with van der Waals surface area (Å²) in [5.41, 5.74) is 1.75. The van der Waals surface area contributed by atoms with Gasteiger partial charge < -0.3 is 4.90 Å². The molecule has 2 heteroatoms. The fourth-order valence-electron chi connectivity index (χ4n) is 1.43. The lowest BCUT2D eigenvalue weighted by atomic mass is 10.1. The maximum absolute atomic E-state index is 12.5. The van der Waals surface area contributed by atoms with E-state index in [0.717, 1.165) is 17.8 Å². The van der Waals surface area contributed by atoms with Gasteiger partial charge in [-0.05, 0) is 12.2 Å². The molecule has 0 radical (unpaired) electrons. The van der Waals surface area contributed by atoms with E-state index in [1.165, 1.54) is 0 Å². The minimum absolute atomic E-state index is 0.388. The number of fused-ring (bicyclic) bond motifs is 1. The van der Waals surface area contributed by atoms with Crippen LogP contribution in [0.15, 0.2) is 47.9 Å². The number of rotatable bonds is 1. The minimum atomic E-state index is -0.388. The quantitative estimate of drug-likeness (QED) is 0.572. The largest absolute Gasteiger partial charge is 0.344 e. The van der Waals surface area contributed by atoms with Crippen LogP contribution in [-0.4, -0.2) is 18.1 Å². The lowest BCUT2D eigenvalue weighted by Crippen LogP contribution is -2.21. The highest BCUT2D eigenvalue weighted by Gasteiger charge is 2.12. The van der Waals surface area contributed by atoms with Gasteiger partial charge in [-0.3, -0.25) is 0 Å². The van der Waals surface area contributed by atoms with Crippen molar-refractivity contribution >= 4 is 0 Å². The summed E-state index contributed by atoms with van der Waals surface area (Å²) >= 11 is 0. The normalized spacial score (nSPS) is 20.2. The topological polar surface area (TPSA) is 3.24 Å². The molecule has 2 rings (SSSR count). The van der Waals surface area contributed by atoms with Gasteiger partial charge in [0.25, 0.3) is 0 Å². The van der Waals surface area contributed by atoms with Crippen molar-refractivity contribution in [1.82, 2.24) is 4.90 Å². The fourth-order valence-corrected chi connectivity index (χ4v) is 1.43. The Morgan fingerprint density at radius 2 is 2.25 bits per heavy atom. The molecule has 2 aliphatic rings. The van der Waals surface area contributed by atoms with Gasteiger partial charge in [-0.15, -0.1) is 0 Å². The molecule has 0 unspecified atom stereocenters. The maximum atomic E-state index is 12.5. The summed E-state index contributed by atoms with van der Waals surface area (Å²) < 4.78 is 12.5. The summed E-state index contributed by atoms with van der Waals surface area (Å²) in [4.78, 5) is 2.04. The maximum Gasteiger partial charge on any atom is 0.117 e. The Morgan fingerprint density at radius 1 is 1.33 bits per heavy atom. The molecule has 0 saturated carbocycles. The van der Waals surface area contributed by atoms with Crippen LogP contribution < -0.4 is 0 Å². The van der Waals surface area contributed by atoms with Crippen molar-refractivity contribution < 1.29 is 4.39 Å². The molecule has 0 aromatic carbocycles. The third-order valence-corrected chi connectivity index (χ3v) is 2.03. The Morgan fingerprint density at radius 3 is 3.08 bits per heavy atom. The van der Waals surface area contributed by atoms with Gasteiger partial charge in [0.05, 0.1) is 0 Å². The highest BCUT2D eigenvalue weighted by Crippen LogP contribution is 2.21. The first-order valence-electron chi connectivity index (χ1n) is 3.99. The van der Waals surface area contributed by atoms with Crippen molar-refractivity contribution in [3.63, 3.8) is 0 Å². The molecule has 0 spiro atoms. The summed E-state index contributed by atoms with van der Waals surface area (Å²) in [5, 5.41) is 0. The van der Waals surface area contributed by atoms with Gasteiger partial charge >= 0.3 is 0 Å². The van der Waals surface area contributed by atoms with Crippen LogP contribution in [0.2, 0.25) is 0 Å². The molecular weight excluding hydrogens is 153 g/mol. The van der Waals surface area contributed by atoms with Crippen molar-refractivity contribution in [2.24, 2.45) is 0 Å². The predicted octanol–water partition coefficient (Wildman–Crippen LogP) is 2.17. The Hall–Kier alpha value is -1.31. The van der Waals surface area contributed by atoms with Crippen LogP contribution in [0.5, 0.6) is 0 Å². The Balaban J connectivity index is 2.39. The Bertz CT molecular complexity index is 297. The van der Waals surface area contributed by atoms with Gasteiger partial charge in [0, 0.05) is 24.0 Å². The average Bonchev–Trinajstić information content (AvgIpc) is 2.17. The third-order valence-electron chi connectivity index (χ3n) is 2.03. The van der Waals surface area contributed by atoms with Crippen molar-refractivity contribution in [2.45, 2.75) is 0 Å². The molecule has 2 aliphatic heterocycles.